The molecule has 0 aromatic heterocycles. The maximum Gasteiger partial charge on any atom is 0.251 e. The Bertz CT molecular complexity index is 540. The maximum absolute atomic E-state index is 12.2. The summed E-state index contributed by atoms with van der Waals surface area (Å²) < 4.78 is 0. The monoisotopic (exact) mass is 332 g/mol. The molecule has 0 saturated heterocycles. The molecule has 24 heavy (non-hydrogen) atoms. The Morgan fingerprint density at radius 1 is 1.21 bits per heavy atom. The highest BCUT2D eigenvalue weighted by Crippen LogP contribution is 2.06. The zero-order valence-corrected chi connectivity index (χ0v) is 15.6. The van der Waals surface area contributed by atoms with Crippen LogP contribution in [0.1, 0.15) is 56.5 Å². The van der Waals surface area contributed by atoms with Crippen molar-refractivity contribution in [3.8, 4) is 0 Å². The Morgan fingerprint density at radius 2 is 1.96 bits per heavy atom. The van der Waals surface area contributed by atoms with Crippen LogP contribution in [-0.2, 0) is 6.54 Å². The van der Waals surface area contributed by atoms with Crippen LogP contribution < -0.4 is 16.0 Å². The van der Waals surface area contributed by atoms with Gasteiger partial charge in [0.15, 0.2) is 5.96 Å². The molecule has 0 aliphatic rings. The van der Waals surface area contributed by atoms with Gasteiger partial charge in [0, 0.05) is 31.7 Å². The molecule has 0 bridgehead atoms. The van der Waals surface area contributed by atoms with Crippen LogP contribution in [0.25, 0.3) is 0 Å². The molecule has 0 spiro atoms. The third-order valence-electron chi connectivity index (χ3n) is 3.88. The molecule has 1 rings (SSSR count). The van der Waals surface area contributed by atoms with Gasteiger partial charge in [0.2, 0.25) is 0 Å². The normalized spacial score (nSPS) is 12.8. The minimum absolute atomic E-state index is 0.0226. The number of carbonyl (C=O) groups is 1. The Labute approximate surface area is 146 Å². The molecule has 1 unspecified atom stereocenters. The molecule has 1 amide bonds. The molecule has 1 aromatic carbocycles. The van der Waals surface area contributed by atoms with Crippen LogP contribution in [0, 0.1) is 5.92 Å². The summed E-state index contributed by atoms with van der Waals surface area (Å²) in [5, 5.41) is 9.58. The van der Waals surface area contributed by atoms with E-state index in [2.05, 4.69) is 41.7 Å². The molecule has 134 valence electrons. The minimum atomic E-state index is -0.0226. The van der Waals surface area contributed by atoms with E-state index in [-0.39, 0.29) is 11.9 Å². The number of guanidine groups is 1. The number of nitrogens with one attached hydrogen (secondary N) is 3. The molecule has 5 heteroatoms. The van der Waals surface area contributed by atoms with E-state index >= 15 is 0 Å². The highest BCUT2D eigenvalue weighted by atomic mass is 16.1. The predicted molar refractivity (Wildman–Crippen MR) is 101 cm³/mol. The van der Waals surface area contributed by atoms with Crippen molar-refractivity contribution in [2.45, 2.75) is 53.1 Å². The third-order valence-corrected chi connectivity index (χ3v) is 3.88. The van der Waals surface area contributed by atoms with Crippen molar-refractivity contribution in [3.63, 3.8) is 0 Å². The average molecular weight is 332 g/mol. The van der Waals surface area contributed by atoms with Crippen molar-refractivity contribution in [1.29, 1.82) is 0 Å². The van der Waals surface area contributed by atoms with E-state index < -0.39 is 0 Å². The summed E-state index contributed by atoms with van der Waals surface area (Å²) in [6, 6.07) is 7.87. The van der Waals surface area contributed by atoms with Crippen LogP contribution in [0.5, 0.6) is 0 Å². The first-order valence-electron chi connectivity index (χ1n) is 8.80. The highest BCUT2D eigenvalue weighted by Gasteiger charge is 2.09. The van der Waals surface area contributed by atoms with Crippen molar-refractivity contribution in [1.82, 2.24) is 16.0 Å². The quantitative estimate of drug-likeness (QED) is 0.506. The number of benzene rings is 1. The Morgan fingerprint density at radius 3 is 2.58 bits per heavy atom. The number of nitrogens with zero attached hydrogens (tertiary/aromatic N) is 1. The first-order valence-corrected chi connectivity index (χ1v) is 8.80. The van der Waals surface area contributed by atoms with E-state index in [1.165, 1.54) is 0 Å². The van der Waals surface area contributed by atoms with Crippen molar-refractivity contribution in [3.05, 3.63) is 35.4 Å². The van der Waals surface area contributed by atoms with E-state index in [4.69, 9.17) is 0 Å². The summed E-state index contributed by atoms with van der Waals surface area (Å²) in [6.07, 6.45) is 2.03. The molecule has 1 atom stereocenters. The van der Waals surface area contributed by atoms with Gasteiger partial charge in [-0.15, -0.1) is 0 Å². The second-order valence-corrected chi connectivity index (χ2v) is 6.52. The second kappa shape index (κ2) is 10.7. The van der Waals surface area contributed by atoms with E-state index in [0.29, 0.717) is 18.0 Å². The van der Waals surface area contributed by atoms with Crippen LogP contribution in [0.2, 0.25) is 0 Å². The van der Waals surface area contributed by atoms with Crippen LogP contribution >= 0.6 is 0 Å². The third kappa shape index (κ3) is 7.49. The molecule has 0 aliphatic heterocycles. The van der Waals surface area contributed by atoms with Crippen molar-refractivity contribution in [2.75, 3.05) is 13.6 Å². The van der Waals surface area contributed by atoms with Gasteiger partial charge in [-0.2, -0.15) is 0 Å². The van der Waals surface area contributed by atoms with Gasteiger partial charge in [-0.05, 0) is 43.4 Å². The topological polar surface area (TPSA) is 65.5 Å². The Balaban J connectivity index is 2.56. The Kier molecular flexibility index (Phi) is 8.90. The van der Waals surface area contributed by atoms with Crippen LogP contribution in [0.3, 0.4) is 0 Å². The predicted octanol–water partition coefficient (Wildman–Crippen LogP) is 2.93. The summed E-state index contributed by atoms with van der Waals surface area (Å²) in [4.78, 5) is 16.4. The smallest absolute Gasteiger partial charge is 0.251 e. The van der Waals surface area contributed by atoms with Crippen molar-refractivity contribution < 1.29 is 4.79 Å². The molecular weight excluding hydrogens is 300 g/mol. The number of carbonyl (C=O) groups excluding carboxylic acids is 1. The largest absolute Gasteiger partial charge is 0.356 e. The first-order chi connectivity index (χ1) is 11.5. The average Bonchev–Trinajstić information content (AvgIpc) is 2.57. The lowest BCUT2D eigenvalue weighted by Crippen LogP contribution is -2.37. The number of rotatable bonds is 8. The standard InChI is InChI=1S/C19H32N4O/c1-6-15(4)23-18(24)17-9-7-8-16(12-17)13-22-19(20-5)21-11-10-14(2)3/h7-9,12,14-15H,6,10-11,13H2,1-5H3,(H,23,24)(H2,20,21,22). The van der Waals surface area contributed by atoms with E-state index in [9.17, 15) is 4.79 Å². The minimum Gasteiger partial charge on any atom is -0.356 e. The molecule has 0 radical (unpaired) electrons. The highest BCUT2D eigenvalue weighted by molar-refractivity contribution is 5.94. The summed E-state index contributed by atoms with van der Waals surface area (Å²) >= 11 is 0. The van der Waals surface area contributed by atoms with Crippen LogP contribution in [0.4, 0.5) is 0 Å². The summed E-state index contributed by atoms with van der Waals surface area (Å²) in [5.74, 6) is 1.42. The van der Waals surface area contributed by atoms with Gasteiger partial charge in [0.25, 0.3) is 5.91 Å². The van der Waals surface area contributed by atoms with Crippen molar-refractivity contribution >= 4 is 11.9 Å². The summed E-state index contributed by atoms with van der Waals surface area (Å²) in [5.41, 5.74) is 1.75. The number of hydrogen-bond acceptors (Lipinski definition) is 2. The molecule has 1 aromatic rings. The Hall–Kier alpha value is -2.04. The zero-order chi connectivity index (χ0) is 17.9. The SMILES string of the molecule is CCC(C)NC(=O)c1cccc(CNC(=NC)NCCC(C)C)c1. The lowest BCUT2D eigenvalue weighted by atomic mass is 10.1. The van der Waals surface area contributed by atoms with E-state index in [1.54, 1.807) is 7.05 Å². The van der Waals surface area contributed by atoms with Crippen molar-refractivity contribution in [2.24, 2.45) is 10.9 Å². The van der Waals surface area contributed by atoms with Gasteiger partial charge < -0.3 is 16.0 Å². The number of amides is 1. The molecule has 0 saturated carbocycles. The molecular formula is C19H32N4O. The lowest BCUT2D eigenvalue weighted by molar-refractivity contribution is 0.0939. The van der Waals surface area contributed by atoms with Crippen LogP contribution in [0.15, 0.2) is 29.3 Å². The van der Waals surface area contributed by atoms with Gasteiger partial charge in [0.1, 0.15) is 0 Å². The van der Waals surface area contributed by atoms with E-state index in [1.807, 2.05) is 31.2 Å². The van der Waals surface area contributed by atoms with Gasteiger partial charge in [-0.1, -0.05) is 32.9 Å². The zero-order valence-electron chi connectivity index (χ0n) is 15.6. The molecule has 3 N–H and O–H groups in total. The summed E-state index contributed by atoms with van der Waals surface area (Å²) in [7, 11) is 1.76. The first kappa shape index (κ1) is 20.0. The molecule has 0 fully saturated rings. The second-order valence-electron chi connectivity index (χ2n) is 6.52. The number of hydrogen-bond donors (Lipinski definition) is 3. The fourth-order valence-corrected chi connectivity index (χ4v) is 2.12. The van der Waals surface area contributed by atoms with Gasteiger partial charge >= 0.3 is 0 Å². The fourth-order valence-electron chi connectivity index (χ4n) is 2.12. The number of aliphatic imine (C=N–C) groups is 1. The lowest BCUT2D eigenvalue weighted by Gasteiger charge is -2.14. The summed E-state index contributed by atoms with van der Waals surface area (Å²) in [6.45, 7) is 10.0. The molecule has 5 nitrogen and oxygen atoms in total. The van der Waals surface area contributed by atoms with Gasteiger partial charge in [0.05, 0.1) is 0 Å². The van der Waals surface area contributed by atoms with Gasteiger partial charge in [-0.3, -0.25) is 9.79 Å². The van der Waals surface area contributed by atoms with Gasteiger partial charge in [-0.25, -0.2) is 0 Å². The molecule has 0 aliphatic carbocycles. The maximum atomic E-state index is 12.2. The fraction of sp³-hybridized carbons (Fsp3) is 0.579. The van der Waals surface area contributed by atoms with E-state index in [0.717, 1.165) is 30.9 Å². The molecule has 0 heterocycles. The van der Waals surface area contributed by atoms with Crippen LogP contribution in [-0.4, -0.2) is 31.5 Å².